The molecular weight excluding hydrogens is 204 g/mol. The number of nitrogens with zero attached hydrogens (tertiary/aromatic N) is 4. The van der Waals surface area contributed by atoms with E-state index < -0.39 is 0 Å². The summed E-state index contributed by atoms with van der Waals surface area (Å²) in [4.78, 5) is 21.2. The van der Waals surface area contributed by atoms with Crippen LogP contribution in [0.1, 0.15) is 5.56 Å². The molecule has 2 rings (SSSR count). The van der Waals surface area contributed by atoms with Gasteiger partial charge in [0.25, 0.3) is 0 Å². The number of hydrogen-bond donors (Lipinski definition) is 0. The lowest BCUT2D eigenvalue weighted by Gasteiger charge is -2.16. The molecule has 2 aromatic heterocycles. The van der Waals surface area contributed by atoms with Crippen molar-refractivity contribution >= 4 is 6.03 Å². The Morgan fingerprint density at radius 3 is 2.69 bits per heavy atom. The predicted octanol–water partition coefficient (Wildman–Crippen LogP) is 1.38. The van der Waals surface area contributed by atoms with E-state index in [1.807, 2.05) is 12.1 Å². The molecule has 0 radical (unpaired) electrons. The van der Waals surface area contributed by atoms with Crippen molar-refractivity contribution in [1.29, 1.82) is 0 Å². The van der Waals surface area contributed by atoms with Crippen molar-refractivity contribution in [3.63, 3.8) is 0 Å². The lowest BCUT2D eigenvalue weighted by molar-refractivity contribution is 0.208. The first kappa shape index (κ1) is 10.4. The normalized spacial score (nSPS) is 10.1. The Kier molecular flexibility index (Phi) is 2.95. The predicted molar refractivity (Wildman–Crippen MR) is 58.7 cm³/mol. The molecule has 0 saturated carbocycles. The highest BCUT2D eigenvalue weighted by molar-refractivity contribution is 5.76. The standard InChI is InChI=1S/C11H12N4O/c1-14(8-10-2-4-12-5-3-10)11(16)15-7-6-13-9-15/h2-7,9H,8H2,1H3. The highest BCUT2D eigenvalue weighted by atomic mass is 16.2. The summed E-state index contributed by atoms with van der Waals surface area (Å²) >= 11 is 0. The molecule has 2 aromatic rings. The molecule has 0 aliphatic rings. The lowest BCUT2D eigenvalue weighted by atomic mass is 10.2. The summed E-state index contributed by atoms with van der Waals surface area (Å²) in [6, 6.07) is 3.67. The minimum absolute atomic E-state index is 0.102. The smallest absolute Gasteiger partial charge is 0.323 e. The van der Waals surface area contributed by atoms with Crippen LogP contribution in [0.3, 0.4) is 0 Å². The molecule has 0 saturated heterocycles. The first-order valence-corrected chi connectivity index (χ1v) is 4.89. The van der Waals surface area contributed by atoms with E-state index in [1.165, 1.54) is 10.9 Å². The first-order valence-electron chi connectivity index (χ1n) is 4.89. The van der Waals surface area contributed by atoms with Crippen molar-refractivity contribution < 1.29 is 4.79 Å². The van der Waals surface area contributed by atoms with Gasteiger partial charge in [-0.3, -0.25) is 9.55 Å². The minimum Gasteiger partial charge on any atom is -0.323 e. The van der Waals surface area contributed by atoms with Crippen molar-refractivity contribution in [2.75, 3.05) is 7.05 Å². The zero-order valence-electron chi connectivity index (χ0n) is 8.95. The van der Waals surface area contributed by atoms with Gasteiger partial charge >= 0.3 is 6.03 Å². The van der Waals surface area contributed by atoms with Crippen LogP contribution in [-0.2, 0) is 6.54 Å². The molecule has 0 atom stereocenters. The SMILES string of the molecule is CN(Cc1ccncc1)C(=O)n1ccnc1. The average Bonchev–Trinajstić information content (AvgIpc) is 2.83. The molecule has 5 heteroatoms. The number of amides is 1. The molecule has 0 bridgehead atoms. The fourth-order valence-corrected chi connectivity index (χ4v) is 1.40. The summed E-state index contributed by atoms with van der Waals surface area (Å²) in [6.45, 7) is 0.555. The molecule has 2 heterocycles. The maximum absolute atomic E-state index is 11.8. The molecule has 1 amide bonds. The summed E-state index contributed by atoms with van der Waals surface area (Å²) in [6.07, 6.45) is 8.13. The topological polar surface area (TPSA) is 51.0 Å². The summed E-state index contributed by atoms with van der Waals surface area (Å²) in [5.74, 6) is 0. The van der Waals surface area contributed by atoms with Crippen LogP contribution in [0.5, 0.6) is 0 Å². The van der Waals surface area contributed by atoms with E-state index in [1.54, 1.807) is 36.7 Å². The van der Waals surface area contributed by atoms with Crippen LogP contribution in [0.15, 0.2) is 43.2 Å². The maximum atomic E-state index is 11.8. The van der Waals surface area contributed by atoms with Gasteiger partial charge in [0.2, 0.25) is 0 Å². The van der Waals surface area contributed by atoms with Gasteiger partial charge < -0.3 is 4.90 Å². The lowest BCUT2D eigenvalue weighted by Crippen LogP contribution is -2.29. The fraction of sp³-hybridized carbons (Fsp3) is 0.182. The van der Waals surface area contributed by atoms with Crippen LogP contribution in [-0.4, -0.2) is 32.5 Å². The summed E-state index contributed by atoms with van der Waals surface area (Å²) < 4.78 is 1.45. The first-order chi connectivity index (χ1) is 7.77. The van der Waals surface area contributed by atoms with Crippen molar-refractivity contribution in [3.05, 3.63) is 48.8 Å². The second-order valence-electron chi connectivity index (χ2n) is 3.46. The van der Waals surface area contributed by atoms with Gasteiger partial charge in [-0.15, -0.1) is 0 Å². The van der Waals surface area contributed by atoms with Gasteiger partial charge in [0.05, 0.1) is 0 Å². The van der Waals surface area contributed by atoms with E-state index in [-0.39, 0.29) is 6.03 Å². The molecular formula is C11H12N4O. The van der Waals surface area contributed by atoms with Gasteiger partial charge in [-0.05, 0) is 17.7 Å². The van der Waals surface area contributed by atoms with Gasteiger partial charge in [0, 0.05) is 38.4 Å². The van der Waals surface area contributed by atoms with Crippen LogP contribution in [0, 0.1) is 0 Å². The average molecular weight is 216 g/mol. The summed E-state index contributed by atoms with van der Waals surface area (Å²) in [7, 11) is 1.75. The Morgan fingerprint density at radius 2 is 2.06 bits per heavy atom. The Hall–Kier alpha value is -2.17. The second-order valence-corrected chi connectivity index (χ2v) is 3.46. The third-order valence-electron chi connectivity index (χ3n) is 2.22. The van der Waals surface area contributed by atoms with Gasteiger partial charge in [0.15, 0.2) is 0 Å². The summed E-state index contributed by atoms with van der Waals surface area (Å²) in [5.41, 5.74) is 1.05. The largest absolute Gasteiger partial charge is 0.329 e. The molecule has 0 unspecified atom stereocenters. The zero-order valence-corrected chi connectivity index (χ0v) is 8.95. The number of carbonyl (C=O) groups is 1. The van der Waals surface area contributed by atoms with E-state index in [2.05, 4.69) is 9.97 Å². The number of hydrogen-bond acceptors (Lipinski definition) is 3. The molecule has 0 fully saturated rings. The fourth-order valence-electron chi connectivity index (χ4n) is 1.40. The quantitative estimate of drug-likeness (QED) is 0.762. The maximum Gasteiger partial charge on any atom is 0.329 e. The van der Waals surface area contributed by atoms with Gasteiger partial charge in [-0.2, -0.15) is 0 Å². The molecule has 0 aromatic carbocycles. The Balaban J connectivity index is 2.04. The molecule has 0 spiro atoms. The van der Waals surface area contributed by atoms with E-state index in [0.29, 0.717) is 6.54 Å². The highest BCUT2D eigenvalue weighted by Crippen LogP contribution is 2.03. The molecule has 0 aliphatic heterocycles. The van der Waals surface area contributed by atoms with E-state index in [0.717, 1.165) is 5.56 Å². The van der Waals surface area contributed by atoms with Crippen molar-refractivity contribution in [2.45, 2.75) is 6.54 Å². The molecule has 0 N–H and O–H groups in total. The number of aromatic nitrogens is 3. The van der Waals surface area contributed by atoms with Crippen LogP contribution in [0.4, 0.5) is 4.79 Å². The number of rotatable bonds is 2. The number of carbonyl (C=O) groups excluding carboxylic acids is 1. The van der Waals surface area contributed by atoms with Crippen molar-refractivity contribution in [1.82, 2.24) is 19.4 Å². The van der Waals surface area contributed by atoms with E-state index in [4.69, 9.17) is 0 Å². The van der Waals surface area contributed by atoms with Crippen molar-refractivity contribution in [2.24, 2.45) is 0 Å². The number of imidazole rings is 1. The summed E-state index contributed by atoms with van der Waals surface area (Å²) in [5, 5.41) is 0. The van der Waals surface area contributed by atoms with Gasteiger partial charge in [0.1, 0.15) is 6.33 Å². The monoisotopic (exact) mass is 216 g/mol. The van der Waals surface area contributed by atoms with E-state index >= 15 is 0 Å². The number of pyridine rings is 1. The Bertz CT molecular complexity index is 452. The molecule has 0 aliphatic carbocycles. The molecule has 82 valence electrons. The van der Waals surface area contributed by atoms with E-state index in [9.17, 15) is 4.79 Å². The van der Waals surface area contributed by atoms with Crippen LogP contribution in [0.25, 0.3) is 0 Å². The Morgan fingerprint density at radius 1 is 1.31 bits per heavy atom. The third-order valence-corrected chi connectivity index (χ3v) is 2.22. The van der Waals surface area contributed by atoms with Crippen LogP contribution in [0.2, 0.25) is 0 Å². The minimum atomic E-state index is -0.102. The highest BCUT2D eigenvalue weighted by Gasteiger charge is 2.10. The molecule has 5 nitrogen and oxygen atoms in total. The second kappa shape index (κ2) is 4.57. The Labute approximate surface area is 93.4 Å². The molecule has 16 heavy (non-hydrogen) atoms. The van der Waals surface area contributed by atoms with Crippen LogP contribution >= 0.6 is 0 Å². The third kappa shape index (κ3) is 2.25. The van der Waals surface area contributed by atoms with Crippen LogP contribution < -0.4 is 0 Å². The zero-order chi connectivity index (χ0) is 11.4. The van der Waals surface area contributed by atoms with Gasteiger partial charge in [-0.1, -0.05) is 0 Å². The van der Waals surface area contributed by atoms with Gasteiger partial charge in [-0.25, -0.2) is 9.78 Å². The van der Waals surface area contributed by atoms with Crippen molar-refractivity contribution in [3.8, 4) is 0 Å².